The molecule has 4 amide bonds. The Kier molecular flexibility index (Phi) is 12.7. The first-order valence-electron chi connectivity index (χ1n) is 21.5. The van der Waals surface area contributed by atoms with E-state index in [1.54, 1.807) is 62.9 Å². The molecule has 342 valence electrons. The molecule has 3 aromatic heterocycles. The number of primary amides is 1. The number of halogens is 1. The highest BCUT2D eigenvalue weighted by atomic mass is 35.5. The third-order valence-electron chi connectivity index (χ3n) is 11.8. The quantitative estimate of drug-likeness (QED) is 0.0752. The van der Waals surface area contributed by atoms with Gasteiger partial charge in [0.15, 0.2) is 17.3 Å². The van der Waals surface area contributed by atoms with Crippen LogP contribution in [0.5, 0.6) is 34.5 Å². The molecule has 1 unspecified atom stereocenters. The van der Waals surface area contributed by atoms with E-state index in [1.165, 1.54) is 6.08 Å². The van der Waals surface area contributed by atoms with Crippen molar-refractivity contribution >= 4 is 57.7 Å². The van der Waals surface area contributed by atoms with Gasteiger partial charge in [-0.25, -0.2) is 9.48 Å². The number of carbonyl (C=O) groups is 3. The molecule has 7 aromatic rings. The summed E-state index contributed by atoms with van der Waals surface area (Å²) in [7, 11) is 3.11. The fraction of sp³-hybridized carbons (Fsp3) is 0.224. The van der Waals surface area contributed by atoms with Gasteiger partial charge in [0, 0.05) is 61.4 Å². The van der Waals surface area contributed by atoms with E-state index >= 15 is 0 Å². The number of methoxy groups -OCH3 is 2. The zero-order chi connectivity index (χ0) is 46.6. The first kappa shape index (κ1) is 44.2. The minimum atomic E-state index is -0.576. The van der Waals surface area contributed by atoms with Crippen LogP contribution >= 0.6 is 11.6 Å². The summed E-state index contributed by atoms with van der Waals surface area (Å²) in [5.74, 6) is 4.23. The summed E-state index contributed by atoms with van der Waals surface area (Å²) in [5.41, 5.74) is 9.40. The molecule has 5 N–H and O–H groups in total. The zero-order valence-electron chi connectivity index (χ0n) is 36.6. The van der Waals surface area contributed by atoms with E-state index < -0.39 is 11.9 Å². The normalized spacial score (nSPS) is 14.7. The Bertz CT molecular complexity index is 3000. The fourth-order valence-electron chi connectivity index (χ4n) is 8.60. The van der Waals surface area contributed by atoms with Crippen LogP contribution in [-0.4, -0.2) is 76.5 Å². The van der Waals surface area contributed by atoms with Crippen molar-refractivity contribution in [1.29, 1.82) is 0 Å². The van der Waals surface area contributed by atoms with Gasteiger partial charge in [-0.05, 0) is 97.5 Å². The summed E-state index contributed by atoms with van der Waals surface area (Å²) in [6, 6.07) is 26.2. The lowest BCUT2D eigenvalue weighted by atomic mass is 9.87. The van der Waals surface area contributed by atoms with E-state index in [2.05, 4.69) is 32.7 Å². The summed E-state index contributed by atoms with van der Waals surface area (Å²) >= 11 is 6.57. The number of ether oxygens (including phenoxy) is 4. The molecule has 0 spiro atoms. The lowest BCUT2D eigenvalue weighted by Gasteiger charge is -2.38. The van der Waals surface area contributed by atoms with Crippen molar-refractivity contribution in [3.63, 3.8) is 0 Å². The van der Waals surface area contributed by atoms with Crippen LogP contribution in [0, 0.1) is 5.92 Å². The van der Waals surface area contributed by atoms with Crippen molar-refractivity contribution in [2.45, 2.75) is 31.7 Å². The molecule has 0 saturated carbocycles. The van der Waals surface area contributed by atoms with Gasteiger partial charge in [0.1, 0.15) is 45.8 Å². The molecule has 0 aliphatic carbocycles. The Labute approximate surface area is 389 Å². The monoisotopic (exact) mass is 923 g/mol. The van der Waals surface area contributed by atoms with Gasteiger partial charge in [0.05, 0.1) is 36.5 Å². The molecule has 1 saturated heterocycles. The minimum Gasteiger partial charge on any atom is -0.493 e. The second kappa shape index (κ2) is 19.2. The van der Waals surface area contributed by atoms with E-state index in [9.17, 15) is 14.4 Å². The highest BCUT2D eigenvalue weighted by Crippen LogP contribution is 2.41. The summed E-state index contributed by atoms with van der Waals surface area (Å²) in [4.78, 5) is 44.3. The number of fused-ring (bicyclic) bond motifs is 2. The molecule has 5 heterocycles. The highest BCUT2D eigenvalue weighted by Gasteiger charge is 2.36. The minimum absolute atomic E-state index is 0.0540. The molecule has 67 heavy (non-hydrogen) atoms. The number of rotatable bonds is 14. The fourth-order valence-corrected chi connectivity index (χ4v) is 8.81. The lowest BCUT2D eigenvalue weighted by molar-refractivity contribution is -0.127. The smallest absolute Gasteiger partial charge is 0.324 e. The van der Waals surface area contributed by atoms with E-state index in [0.717, 1.165) is 30.4 Å². The number of hydrogen-bond donors (Lipinski definition) is 4. The van der Waals surface area contributed by atoms with E-state index in [-0.39, 0.29) is 22.8 Å². The average Bonchev–Trinajstić information content (AvgIpc) is 3.96. The van der Waals surface area contributed by atoms with Crippen molar-refractivity contribution in [3.8, 4) is 45.8 Å². The Hall–Kier alpha value is -8.05. The second-order valence-electron chi connectivity index (χ2n) is 16.0. The largest absolute Gasteiger partial charge is 0.493 e. The van der Waals surface area contributed by atoms with Crippen LogP contribution in [0.25, 0.3) is 22.2 Å². The highest BCUT2D eigenvalue weighted by molar-refractivity contribution is 6.34. The summed E-state index contributed by atoms with van der Waals surface area (Å²) in [5, 5.41) is 18.7. The first-order chi connectivity index (χ1) is 32.6. The standard InChI is InChI=1S/C49H46ClN9O8/c1-4-44(60)58-20-16-29(17-21-58)39-14-18-53-48-45(47(51)61)46(56-59(39)48)30-8-10-31(11-9-30)65-32-7-5-6-28(22-32)23-34-25-43(57-67-34)55-49(62)54-37-13-12-33(24-36(37)50)66-40-15-19-52-38-27-42(64-3)41(63-2)26-35(38)40/h4-13,15,19,22,24-27,29,39,53H,1,14,16-18,20-21,23H2,2-3H3,(H2,51,61)(H2,54,55,57,62). The van der Waals surface area contributed by atoms with Crippen molar-refractivity contribution < 1.29 is 37.9 Å². The molecule has 0 bridgehead atoms. The summed E-state index contributed by atoms with van der Waals surface area (Å²) in [6.45, 7) is 5.61. The molecule has 1 atom stereocenters. The number of benzene rings is 4. The molecule has 9 rings (SSSR count). The molecule has 17 nitrogen and oxygen atoms in total. The third kappa shape index (κ3) is 9.53. The number of nitrogens with two attached hydrogens (primary N) is 1. The van der Waals surface area contributed by atoms with E-state index in [4.69, 9.17) is 45.9 Å². The van der Waals surface area contributed by atoms with Gasteiger partial charge in [-0.2, -0.15) is 5.10 Å². The molecule has 1 fully saturated rings. The summed E-state index contributed by atoms with van der Waals surface area (Å²) in [6.07, 6.45) is 5.86. The number of pyridine rings is 1. The molecule has 0 radical (unpaired) electrons. The number of piperidine rings is 1. The number of hydrogen-bond acceptors (Lipinski definition) is 12. The van der Waals surface area contributed by atoms with Crippen molar-refractivity contribution in [3.05, 3.63) is 132 Å². The number of amides is 4. The summed E-state index contributed by atoms with van der Waals surface area (Å²) < 4.78 is 30.7. The van der Waals surface area contributed by atoms with Crippen LogP contribution in [0.15, 0.2) is 114 Å². The SMILES string of the molecule is C=CC(=O)N1CCC(C2CCNc3c(C(N)=O)c(-c4ccc(Oc5cccc(Cc6cc(NC(=O)Nc7ccc(Oc8ccnc9cc(OC)c(OC)cc89)cc7Cl)no6)c5)cc4)nn32)CC1. The van der Waals surface area contributed by atoms with Crippen molar-refractivity contribution in [1.82, 2.24) is 24.8 Å². The van der Waals surface area contributed by atoms with Crippen molar-refractivity contribution in [2.75, 3.05) is 49.8 Å². The molecular weight excluding hydrogens is 878 g/mol. The van der Waals surface area contributed by atoms with Gasteiger partial charge in [-0.3, -0.25) is 19.9 Å². The van der Waals surface area contributed by atoms with Gasteiger partial charge in [0.2, 0.25) is 5.91 Å². The van der Waals surface area contributed by atoms with Crippen molar-refractivity contribution in [2.24, 2.45) is 11.7 Å². The average molecular weight is 924 g/mol. The van der Waals surface area contributed by atoms with Gasteiger partial charge >= 0.3 is 6.03 Å². The number of carbonyl (C=O) groups excluding carboxylic acids is 3. The number of nitrogens with one attached hydrogen (secondary N) is 3. The van der Waals surface area contributed by atoms with Gasteiger partial charge in [-0.1, -0.05) is 35.5 Å². The zero-order valence-corrected chi connectivity index (χ0v) is 37.3. The van der Waals surface area contributed by atoms with Gasteiger partial charge in [-0.15, -0.1) is 0 Å². The Morgan fingerprint density at radius 2 is 1.66 bits per heavy atom. The predicted octanol–water partition coefficient (Wildman–Crippen LogP) is 9.46. The number of likely N-dealkylation sites (tertiary alicyclic amines) is 1. The van der Waals surface area contributed by atoms with Crippen LogP contribution in [0.4, 0.5) is 22.1 Å². The molecule has 4 aromatic carbocycles. The molecular formula is C49H46ClN9O8. The van der Waals surface area contributed by atoms with Crippen LogP contribution < -0.4 is 40.6 Å². The van der Waals surface area contributed by atoms with Gasteiger partial charge in [0.25, 0.3) is 5.91 Å². The molecule has 2 aliphatic rings. The number of aromatic nitrogens is 4. The van der Waals surface area contributed by atoms with E-state index in [0.29, 0.717) is 106 Å². The van der Waals surface area contributed by atoms with Crippen LogP contribution in [0.3, 0.4) is 0 Å². The third-order valence-corrected chi connectivity index (χ3v) is 12.2. The van der Waals surface area contributed by atoms with Gasteiger partial charge < -0.3 is 44.7 Å². The number of urea groups is 1. The van der Waals surface area contributed by atoms with Crippen LogP contribution in [-0.2, 0) is 11.2 Å². The molecule has 18 heteroatoms. The van der Waals surface area contributed by atoms with Crippen LogP contribution in [0.1, 0.15) is 47.0 Å². The maximum Gasteiger partial charge on any atom is 0.324 e. The van der Waals surface area contributed by atoms with E-state index in [1.807, 2.05) is 58.1 Å². The molecule has 2 aliphatic heterocycles. The Balaban J connectivity index is 0.804. The topological polar surface area (TPSA) is 210 Å². The maximum absolute atomic E-state index is 13.0. The first-order valence-corrected chi connectivity index (χ1v) is 21.9. The lowest BCUT2D eigenvalue weighted by Crippen LogP contribution is -2.41. The number of nitrogens with zero attached hydrogens (tertiary/aromatic N) is 5. The van der Waals surface area contributed by atoms with Crippen LogP contribution in [0.2, 0.25) is 5.02 Å². The maximum atomic E-state index is 13.0. The number of anilines is 3. The second-order valence-corrected chi connectivity index (χ2v) is 16.4. The Morgan fingerprint density at radius 1 is 0.896 bits per heavy atom. The predicted molar refractivity (Wildman–Crippen MR) is 253 cm³/mol. The Morgan fingerprint density at radius 3 is 2.40 bits per heavy atom.